The Morgan fingerprint density at radius 2 is 2.04 bits per heavy atom. The van der Waals surface area contributed by atoms with Gasteiger partial charge < -0.3 is 5.11 Å². The van der Waals surface area contributed by atoms with Crippen LogP contribution in [-0.2, 0) is 0 Å². The summed E-state index contributed by atoms with van der Waals surface area (Å²) >= 11 is 0. The van der Waals surface area contributed by atoms with Gasteiger partial charge in [0.1, 0.15) is 11.5 Å². The summed E-state index contributed by atoms with van der Waals surface area (Å²) in [6, 6.07) is 6.72. The lowest BCUT2D eigenvalue weighted by molar-refractivity contribution is -0.164. The molecule has 2 heterocycles. The first kappa shape index (κ1) is 16.2. The van der Waals surface area contributed by atoms with E-state index in [2.05, 4.69) is 15.3 Å². The Kier molecular flexibility index (Phi) is 3.88. The Hall–Kier alpha value is -2.68. The molecular formula is C15H13F3N4O2. The van der Waals surface area contributed by atoms with E-state index in [-0.39, 0.29) is 11.4 Å². The van der Waals surface area contributed by atoms with E-state index >= 15 is 0 Å². The second-order valence-corrected chi connectivity index (χ2v) is 5.48. The van der Waals surface area contributed by atoms with Crippen LogP contribution < -0.4 is 0 Å². The van der Waals surface area contributed by atoms with Gasteiger partial charge in [-0.3, -0.25) is 9.89 Å². The molecule has 9 heteroatoms. The summed E-state index contributed by atoms with van der Waals surface area (Å²) in [5.41, 5.74) is -1.71. The van der Waals surface area contributed by atoms with E-state index in [0.29, 0.717) is 16.3 Å². The molecule has 0 saturated heterocycles. The number of hydrazone groups is 1. The standard InChI is InChI=1S/C15H13F3N4O2/c1-8-7-15(24,14(17)18)22(21-8)13(23)12-6-11(19-20-12)9-2-4-10(16)5-3-9/h2-6,14,24H,7H2,1H3,(H,19,20). The zero-order valence-corrected chi connectivity index (χ0v) is 12.5. The number of rotatable bonds is 3. The van der Waals surface area contributed by atoms with Crippen LogP contribution in [0.15, 0.2) is 35.4 Å². The second kappa shape index (κ2) is 5.75. The maximum Gasteiger partial charge on any atom is 0.294 e. The number of benzene rings is 1. The second-order valence-electron chi connectivity index (χ2n) is 5.48. The highest BCUT2D eigenvalue weighted by molar-refractivity contribution is 5.97. The van der Waals surface area contributed by atoms with Gasteiger partial charge in [-0.05, 0) is 37.3 Å². The van der Waals surface area contributed by atoms with E-state index in [1.165, 1.54) is 37.3 Å². The molecule has 0 bridgehead atoms. The van der Waals surface area contributed by atoms with Crippen molar-refractivity contribution in [2.75, 3.05) is 0 Å². The van der Waals surface area contributed by atoms with Gasteiger partial charge in [0.15, 0.2) is 0 Å². The summed E-state index contributed by atoms with van der Waals surface area (Å²) in [7, 11) is 0. The first-order valence-corrected chi connectivity index (χ1v) is 7.02. The highest BCUT2D eigenvalue weighted by Crippen LogP contribution is 2.32. The van der Waals surface area contributed by atoms with Crippen LogP contribution in [0.25, 0.3) is 11.3 Å². The van der Waals surface area contributed by atoms with Crippen molar-refractivity contribution in [3.8, 4) is 11.3 Å². The number of carbonyl (C=O) groups excluding carboxylic acids is 1. The summed E-state index contributed by atoms with van der Waals surface area (Å²) in [6.07, 6.45) is -3.61. The van der Waals surface area contributed by atoms with Crippen molar-refractivity contribution in [1.82, 2.24) is 15.2 Å². The molecule has 2 N–H and O–H groups in total. The van der Waals surface area contributed by atoms with Gasteiger partial charge in [-0.25, -0.2) is 13.2 Å². The number of H-pyrrole nitrogens is 1. The molecule has 1 amide bonds. The number of aliphatic hydroxyl groups is 1. The van der Waals surface area contributed by atoms with E-state index < -0.39 is 30.3 Å². The van der Waals surface area contributed by atoms with Gasteiger partial charge in [0, 0.05) is 17.7 Å². The average molecular weight is 338 g/mol. The number of nitrogens with one attached hydrogen (secondary N) is 1. The Bertz CT molecular complexity index is 803. The zero-order chi connectivity index (χ0) is 17.5. The van der Waals surface area contributed by atoms with Gasteiger partial charge in [0.2, 0.25) is 5.72 Å². The van der Waals surface area contributed by atoms with Gasteiger partial charge in [-0.15, -0.1) is 0 Å². The number of aromatic amines is 1. The topological polar surface area (TPSA) is 81.6 Å². The molecule has 6 nitrogen and oxygen atoms in total. The molecule has 1 aliphatic rings. The van der Waals surface area contributed by atoms with Crippen LogP contribution in [0.3, 0.4) is 0 Å². The molecule has 0 aliphatic carbocycles. The third-order valence-electron chi connectivity index (χ3n) is 3.64. The lowest BCUT2D eigenvalue weighted by Gasteiger charge is -2.29. The van der Waals surface area contributed by atoms with Gasteiger partial charge in [0.25, 0.3) is 12.3 Å². The van der Waals surface area contributed by atoms with Crippen molar-refractivity contribution in [2.24, 2.45) is 5.10 Å². The van der Waals surface area contributed by atoms with E-state index in [1.807, 2.05) is 0 Å². The number of alkyl halides is 2. The number of hydrogen-bond acceptors (Lipinski definition) is 4. The van der Waals surface area contributed by atoms with E-state index in [9.17, 15) is 23.1 Å². The van der Waals surface area contributed by atoms with E-state index in [4.69, 9.17) is 0 Å². The van der Waals surface area contributed by atoms with Crippen molar-refractivity contribution in [2.45, 2.75) is 25.5 Å². The van der Waals surface area contributed by atoms with Crippen LogP contribution in [0.1, 0.15) is 23.8 Å². The fourth-order valence-corrected chi connectivity index (χ4v) is 2.45. The number of hydrogen-bond donors (Lipinski definition) is 2. The summed E-state index contributed by atoms with van der Waals surface area (Å²) in [5, 5.41) is 20.5. The molecule has 1 aliphatic heterocycles. The summed E-state index contributed by atoms with van der Waals surface area (Å²) < 4.78 is 39.2. The highest BCUT2D eigenvalue weighted by atomic mass is 19.3. The van der Waals surface area contributed by atoms with Crippen molar-refractivity contribution in [1.29, 1.82) is 0 Å². The predicted octanol–water partition coefficient (Wildman–Crippen LogP) is 2.39. The molecule has 1 atom stereocenters. The van der Waals surface area contributed by atoms with Crippen molar-refractivity contribution >= 4 is 11.6 Å². The number of halogens is 3. The number of carbonyl (C=O) groups is 1. The van der Waals surface area contributed by atoms with Crippen LogP contribution >= 0.6 is 0 Å². The lowest BCUT2D eigenvalue weighted by Crippen LogP contribution is -2.51. The summed E-state index contributed by atoms with van der Waals surface area (Å²) in [5.74, 6) is -1.36. The summed E-state index contributed by atoms with van der Waals surface area (Å²) in [4.78, 5) is 12.4. The first-order valence-electron chi connectivity index (χ1n) is 7.02. The fourth-order valence-electron chi connectivity index (χ4n) is 2.45. The highest BCUT2D eigenvalue weighted by Gasteiger charge is 2.51. The van der Waals surface area contributed by atoms with Crippen molar-refractivity contribution in [3.63, 3.8) is 0 Å². The molecule has 1 aromatic carbocycles. The van der Waals surface area contributed by atoms with Gasteiger partial charge in [-0.1, -0.05) is 0 Å². The average Bonchev–Trinajstić information content (AvgIpc) is 3.13. The molecule has 0 radical (unpaired) electrons. The van der Waals surface area contributed by atoms with Crippen LogP contribution in [0, 0.1) is 5.82 Å². The first-order chi connectivity index (χ1) is 11.3. The molecule has 0 saturated carbocycles. The largest absolute Gasteiger partial charge is 0.364 e. The maximum absolute atomic E-state index is 13.2. The molecule has 3 rings (SSSR count). The minimum atomic E-state index is -3.18. The summed E-state index contributed by atoms with van der Waals surface area (Å²) in [6.45, 7) is 1.44. The molecule has 0 spiro atoms. The van der Waals surface area contributed by atoms with E-state index in [1.54, 1.807) is 0 Å². The molecule has 1 aromatic heterocycles. The third-order valence-corrected chi connectivity index (χ3v) is 3.64. The molecule has 1 unspecified atom stereocenters. The monoisotopic (exact) mass is 338 g/mol. The van der Waals surface area contributed by atoms with Crippen LogP contribution in [-0.4, -0.2) is 44.1 Å². The van der Waals surface area contributed by atoms with Crippen LogP contribution in [0.2, 0.25) is 0 Å². The molecule has 0 fully saturated rings. The molecule has 24 heavy (non-hydrogen) atoms. The van der Waals surface area contributed by atoms with Gasteiger partial charge >= 0.3 is 0 Å². The minimum absolute atomic E-state index is 0.119. The quantitative estimate of drug-likeness (QED) is 0.902. The number of aromatic nitrogens is 2. The maximum atomic E-state index is 13.2. The van der Waals surface area contributed by atoms with Crippen LogP contribution in [0.4, 0.5) is 13.2 Å². The Morgan fingerprint density at radius 1 is 1.38 bits per heavy atom. The normalized spacial score (nSPS) is 20.6. The smallest absolute Gasteiger partial charge is 0.294 e. The number of amides is 1. The predicted molar refractivity (Wildman–Crippen MR) is 78.8 cm³/mol. The Labute approximate surface area is 134 Å². The molecular weight excluding hydrogens is 325 g/mol. The SMILES string of the molecule is CC1=NN(C(=O)c2cc(-c3ccc(F)cc3)n[nH]2)C(O)(C(F)F)C1. The van der Waals surface area contributed by atoms with Gasteiger partial charge in [-0.2, -0.15) is 15.2 Å². The van der Waals surface area contributed by atoms with Crippen molar-refractivity contribution < 1.29 is 23.1 Å². The van der Waals surface area contributed by atoms with E-state index in [0.717, 1.165) is 0 Å². The number of nitrogens with zero attached hydrogens (tertiary/aromatic N) is 3. The Morgan fingerprint density at radius 3 is 2.67 bits per heavy atom. The van der Waals surface area contributed by atoms with Crippen LogP contribution in [0.5, 0.6) is 0 Å². The molecule has 2 aromatic rings. The third kappa shape index (κ3) is 2.67. The van der Waals surface area contributed by atoms with Crippen molar-refractivity contribution in [3.05, 3.63) is 41.8 Å². The Balaban J connectivity index is 1.89. The minimum Gasteiger partial charge on any atom is -0.364 e. The zero-order valence-electron chi connectivity index (χ0n) is 12.5. The van der Waals surface area contributed by atoms with Gasteiger partial charge in [0.05, 0.1) is 5.69 Å². The lowest BCUT2D eigenvalue weighted by atomic mass is 10.1. The molecule has 126 valence electrons. The fraction of sp³-hybridized carbons (Fsp3) is 0.267.